The molecule has 0 aliphatic carbocycles. The van der Waals surface area contributed by atoms with Crippen molar-refractivity contribution in [1.29, 1.82) is 0 Å². The molecule has 0 bridgehead atoms. The normalized spacial score (nSPS) is 11.3. The number of rotatable bonds is 3. The minimum absolute atomic E-state index is 0.221. The van der Waals surface area contributed by atoms with Crippen molar-refractivity contribution in [3.05, 3.63) is 53.7 Å². The zero-order chi connectivity index (χ0) is 13.9. The Morgan fingerprint density at radius 3 is 2.26 bits per heavy atom. The third-order valence-corrected chi connectivity index (χ3v) is 2.43. The first-order valence-corrected chi connectivity index (χ1v) is 5.45. The zero-order valence-electron chi connectivity index (χ0n) is 9.82. The monoisotopic (exact) mass is 268 g/mol. The lowest BCUT2D eigenvalue weighted by Gasteiger charge is -2.09. The summed E-state index contributed by atoms with van der Waals surface area (Å²) in [6, 6.07) is 7.91. The van der Waals surface area contributed by atoms with Crippen LogP contribution in [0.4, 0.5) is 19.0 Å². The van der Waals surface area contributed by atoms with E-state index in [1.165, 1.54) is 12.1 Å². The predicted molar refractivity (Wildman–Crippen MR) is 64.4 cm³/mol. The second-order valence-corrected chi connectivity index (χ2v) is 3.90. The Morgan fingerprint density at radius 1 is 1.05 bits per heavy atom. The van der Waals surface area contributed by atoms with Crippen molar-refractivity contribution in [2.75, 3.05) is 5.73 Å². The van der Waals surface area contributed by atoms with E-state index in [1.807, 2.05) is 0 Å². The van der Waals surface area contributed by atoms with Gasteiger partial charge in [-0.1, -0.05) is 6.07 Å². The Kier molecular flexibility index (Phi) is 3.59. The molecule has 0 fully saturated rings. The van der Waals surface area contributed by atoms with E-state index in [0.29, 0.717) is 11.6 Å². The number of nitrogen functional groups attached to an aromatic ring is 1. The molecule has 0 radical (unpaired) electrons. The summed E-state index contributed by atoms with van der Waals surface area (Å²) in [4.78, 5) is 3.89. The molecule has 6 heteroatoms. The van der Waals surface area contributed by atoms with E-state index in [2.05, 4.69) is 4.98 Å². The molecule has 2 N–H and O–H groups in total. The molecule has 2 aromatic rings. The van der Waals surface area contributed by atoms with E-state index < -0.39 is 11.7 Å². The smallest absolute Gasteiger partial charge is 0.416 e. The number of ether oxygens (including phenoxy) is 1. The quantitative estimate of drug-likeness (QED) is 0.929. The summed E-state index contributed by atoms with van der Waals surface area (Å²) in [6.07, 6.45) is -2.78. The van der Waals surface area contributed by atoms with Crippen LogP contribution in [-0.2, 0) is 12.8 Å². The van der Waals surface area contributed by atoms with Gasteiger partial charge in [0.2, 0.25) is 0 Å². The highest BCUT2D eigenvalue weighted by atomic mass is 19.4. The van der Waals surface area contributed by atoms with Crippen LogP contribution >= 0.6 is 0 Å². The molecule has 19 heavy (non-hydrogen) atoms. The molecule has 0 aliphatic heterocycles. The first-order chi connectivity index (χ1) is 8.95. The molecule has 1 heterocycles. The minimum Gasteiger partial charge on any atom is -0.489 e. The highest BCUT2D eigenvalue weighted by molar-refractivity contribution is 5.31. The van der Waals surface area contributed by atoms with Crippen molar-refractivity contribution in [3.63, 3.8) is 0 Å². The molecule has 0 saturated carbocycles. The van der Waals surface area contributed by atoms with Gasteiger partial charge in [0.1, 0.15) is 18.2 Å². The summed E-state index contributed by atoms with van der Waals surface area (Å²) in [5.41, 5.74) is 5.52. The van der Waals surface area contributed by atoms with Crippen LogP contribution in [0.3, 0.4) is 0 Å². The molecule has 0 unspecified atom stereocenters. The van der Waals surface area contributed by atoms with Gasteiger partial charge >= 0.3 is 6.18 Å². The topological polar surface area (TPSA) is 48.1 Å². The van der Waals surface area contributed by atoms with Crippen LogP contribution in [0, 0.1) is 0 Å². The van der Waals surface area contributed by atoms with E-state index in [-0.39, 0.29) is 6.61 Å². The Bertz CT molecular complexity index is 535. The lowest BCUT2D eigenvalue weighted by atomic mass is 10.2. The van der Waals surface area contributed by atoms with Crippen LogP contribution < -0.4 is 10.5 Å². The van der Waals surface area contributed by atoms with Crippen molar-refractivity contribution in [2.45, 2.75) is 12.8 Å². The number of benzene rings is 1. The number of hydrogen-bond donors (Lipinski definition) is 1. The number of nitrogens with two attached hydrogens (primary N) is 1. The molecule has 100 valence electrons. The van der Waals surface area contributed by atoms with Gasteiger partial charge in [0.25, 0.3) is 0 Å². The summed E-state index contributed by atoms with van der Waals surface area (Å²) in [7, 11) is 0. The molecule has 2 rings (SSSR count). The molecule has 3 nitrogen and oxygen atoms in total. The van der Waals surface area contributed by atoms with Gasteiger partial charge in [-0.2, -0.15) is 13.2 Å². The number of hydrogen-bond acceptors (Lipinski definition) is 3. The Hall–Kier alpha value is -2.24. The second kappa shape index (κ2) is 5.17. The van der Waals surface area contributed by atoms with Crippen LogP contribution in [0.25, 0.3) is 0 Å². The van der Waals surface area contributed by atoms with Gasteiger partial charge < -0.3 is 10.5 Å². The first kappa shape index (κ1) is 13.2. The molecular weight excluding hydrogens is 257 g/mol. The SMILES string of the molecule is Nc1ccc(COc2ccc(C(F)(F)F)cc2)cn1. The highest BCUT2D eigenvalue weighted by Gasteiger charge is 2.29. The maximum absolute atomic E-state index is 12.3. The fourth-order valence-electron chi connectivity index (χ4n) is 1.43. The van der Waals surface area contributed by atoms with E-state index in [0.717, 1.165) is 17.7 Å². The van der Waals surface area contributed by atoms with Crippen molar-refractivity contribution in [1.82, 2.24) is 4.98 Å². The third-order valence-electron chi connectivity index (χ3n) is 2.43. The summed E-state index contributed by atoms with van der Waals surface area (Å²) >= 11 is 0. The van der Waals surface area contributed by atoms with Gasteiger partial charge in [-0.25, -0.2) is 4.98 Å². The summed E-state index contributed by atoms with van der Waals surface area (Å²) in [5.74, 6) is 0.767. The lowest BCUT2D eigenvalue weighted by molar-refractivity contribution is -0.137. The van der Waals surface area contributed by atoms with E-state index in [4.69, 9.17) is 10.5 Å². The number of anilines is 1. The minimum atomic E-state index is -4.33. The number of pyridine rings is 1. The average molecular weight is 268 g/mol. The van der Waals surface area contributed by atoms with Crippen LogP contribution in [0.1, 0.15) is 11.1 Å². The number of halogens is 3. The number of aromatic nitrogens is 1. The molecule has 1 aromatic carbocycles. The maximum atomic E-state index is 12.3. The zero-order valence-corrected chi connectivity index (χ0v) is 9.82. The fraction of sp³-hybridized carbons (Fsp3) is 0.154. The number of alkyl halides is 3. The van der Waals surface area contributed by atoms with Crippen LogP contribution in [0.5, 0.6) is 5.75 Å². The van der Waals surface area contributed by atoms with Crippen molar-refractivity contribution >= 4 is 5.82 Å². The van der Waals surface area contributed by atoms with Crippen LogP contribution in [0.2, 0.25) is 0 Å². The Labute approximate surface area is 107 Å². The van der Waals surface area contributed by atoms with E-state index >= 15 is 0 Å². The van der Waals surface area contributed by atoms with Crippen molar-refractivity contribution in [3.8, 4) is 5.75 Å². The average Bonchev–Trinajstić information content (AvgIpc) is 2.37. The molecule has 1 aromatic heterocycles. The van der Waals surface area contributed by atoms with Gasteiger partial charge in [0.05, 0.1) is 5.56 Å². The Balaban J connectivity index is 1.98. The van der Waals surface area contributed by atoms with Gasteiger partial charge in [-0.3, -0.25) is 0 Å². The highest BCUT2D eigenvalue weighted by Crippen LogP contribution is 2.30. The standard InChI is InChI=1S/C13H11F3N2O/c14-13(15,16)10-2-4-11(5-3-10)19-8-9-1-6-12(17)18-7-9/h1-7H,8H2,(H2,17,18). The van der Waals surface area contributed by atoms with Crippen molar-refractivity contribution in [2.24, 2.45) is 0 Å². The van der Waals surface area contributed by atoms with Crippen LogP contribution in [-0.4, -0.2) is 4.98 Å². The number of nitrogens with zero attached hydrogens (tertiary/aromatic N) is 1. The van der Waals surface area contributed by atoms with Gasteiger partial charge in [-0.05, 0) is 30.3 Å². The molecule has 0 amide bonds. The Morgan fingerprint density at radius 2 is 1.74 bits per heavy atom. The maximum Gasteiger partial charge on any atom is 0.416 e. The summed E-state index contributed by atoms with van der Waals surface area (Å²) in [6.45, 7) is 0.221. The fourth-order valence-corrected chi connectivity index (χ4v) is 1.43. The summed E-state index contributed by atoms with van der Waals surface area (Å²) in [5, 5.41) is 0. The van der Waals surface area contributed by atoms with Crippen molar-refractivity contribution < 1.29 is 17.9 Å². The molecule has 0 atom stereocenters. The molecular formula is C13H11F3N2O. The molecule has 0 aliphatic rings. The van der Waals surface area contributed by atoms with E-state index in [1.54, 1.807) is 18.3 Å². The predicted octanol–water partition coefficient (Wildman–Crippen LogP) is 3.26. The lowest BCUT2D eigenvalue weighted by Crippen LogP contribution is -2.04. The molecule has 0 spiro atoms. The first-order valence-electron chi connectivity index (χ1n) is 5.45. The summed E-state index contributed by atoms with van der Waals surface area (Å²) < 4.78 is 42.4. The van der Waals surface area contributed by atoms with E-state index in [9.17, 15) is 13.2 Å². The molecule has 0 saturated heterocycles. The largest absolute Gasteiger partial charge is 0.489 e. The third kappa shape index (κ3) is 3.61. The van der Waals surface area contributed by atoms with Gasteiger partial charge in [0.15, 0.2) is 0 Å². The van der Waals surface area contributed by atoms with Crippen LogP contribution in [0.15, 0.2) is 42.6 Å². The van der Waals surface area contributed by atoms with Gasteiger partial charge in [-0.15, -0.1) is 0 Å². The van der Waals surface area contributed by atoms with Gasteiger partial charge in [0, 0.05) is 11.8 Å². The second-order valence-electron chi connectivity index (χ2n) is 3.90.